The zero-order chi connectivity index (χ0) is 21.0. The number of nitrogens with zero attached hydrogens (tertiary/aromatic N) is 1. The first-order chi connectivity index (χ1) is 13.8. The van der Waals surface area contributed by atoms with E-state index in [4.69, 9.17) is 0 Å². The minimum atomic E-state index is -0.828. The Bertz CT molecular complexity index is 878. The molecule has 0 radical (unpaired) electrons. The molecule has 0 saturated carbocycles. The molecule has 0 bridgehead atoms. The maximum Gasteiger partial charge on any atom is 0.248 e. The summed E-state index contributed by atoms with van der Waals surface area (Å²) in [4.78, 5) is 40.3. The highest BCUT2D eigenvalue weighted by Crippen LogP contribution is 2.34. The molecular weight excluding hydrogens is 384 g/mol. The Labute approximate surface area is 175 Å². The van der Waals surface area contributed by atoms with Crippen molar-refractivity contribution < 1.29 is 14.4 Å². The highest BCUT2D eigenvalue weighted by atomic mass is 32.2. The molecule has 1 aliphatic rings. The summed E-state index contributed by atoms with van der Waals surface area (Å²) >= 11 is 1.19. The van der Waals surface area contributed by atoms with E-state index in [1.54, 1.807) is 4.90 Å². The molecule has 2 aromatic carbocycles. The Morgan fingerprint density at radius 3 is 2.14 bits per heavy atom. The van der Waals surface area contributed by atoms with Crippen molar-refractivity contribution in [2.45, 2.75) is 38.8 Å². The molecule has 6 heteroatoms. The van der Waals surface area contributed by atoms with Crippen LogP contribution in [0.1, 0.15) is 38.8 Å². The van der Waals surface area contributed by atoms with Gasteiger partial charge in [0.25, 0.3) is 0 Å². The van der Waals surface area contributed by atoms with E-state index in [-0.39, 0.29) is 23.4 Å². The van der Waals surface area contributed by atoms with Crippen molar-refractivity contribution in [3.63, 3.8) is 0 Å². The summed E-state index contributed by atoms with van der Waals surface area (Å²) in [5.41, 5.74) is 0.914. The molecule has 1 fully saturated rings. The van der Waals surface area contributed by atoms with Crippen LogP contribution < -0.4 is 10.2 Å². The van der Waals surface area contributed by atoms with Gasteiger partial charge in [-0.25, -0.2) is 0 Å². The number of hydrogen-bond acceptors (Lipinski definition) is 4. The van der Waals surface area contributed by atoms with Gasteiger partial charge in [-0.3, -0.25) is 19.3 Å². The molecular formula is C23H26N2O3S. The van der Waals surface area contributed by atoms with E-state index in [2.05, 4.69) is 5.32 Å². The van der Waals surface area contributed by atoms with Gasteiger partial charge in [0.15, 0.2) is 5.12 Å². The molecule has 0 aromatic heterocycles. The highest BCUT2D eigenvalue weighted by Gasteiger charge is 2.39. The van der Waals surface area contributed by atoms with Crippen LogP contribution in [0.4, 0.5) is 5.69 Å². The summed E-state index contributed by atoms with van der Waals surface area (Å²) in [7, 11) is 0. The number of benzene rings is 2. The normalized spacial score (nSPS) is 17.6. The third kappa shape index (κ3) is 5.26. The molecule has 152 valence electrons. The first kappa shape index (κ1) is 21.1. The summed E-state index contributed by atoms with van der Waals surface area (Å²) in [6, 6.07) is 17.7. The Balaban J connectivity index is 2.08. The second kappa shape index (κ2) is 8.82. The number of thioether (sulfide) groups is 1. The summed E-state index contributed by atoms with van der Waals surface area (Å²) in [6.07, 6.45) is 0.204. The van der Waals surface area contributed by atoms with Crippen molar-refractivity contribution in [2.75, 3.05) is 10.7 Å². The van der Waals surface area contributed by atoms with Crippen LogP contribution in [0.2, 0.25) is 0 Å². The van der Waals surface area contributed by atoms with Gasteiger partial charge in [-0.2, -0.15) is 0 Å². The van der Waals surface area contributed by atoms with Gasteiger partial charge in [-0.05, 0) is 38.5 Å². The SMILES string of the molecule is CC(C)(C)NC(=O)[C@H](c1ccccc1)N(C(=O)[C@@H]1CSC(=O)C1)c1ccccc1. The number of para-hydroxylation sites is 1. The average molecular weight is 411 g/mol. The number of carbonyl (C=O) groups excluding carboxylic acids is 3. The molecule has 5 nitrogen and oxygen atoms in total. The van der Waals surface area contributed by atoms with Gasteiger partial charge >= 0.3 is 0 Å². The van der Waals surface area contributed by atoms with Crippen molar-refractivity contribution in [3.05, 3.63) is 66.2 Å². The summed E-state index contributed by atoms with van der Waals surface area (Å²) in [5, 5.41) is 3.04. The molecule has 2 aromatic rings. The first-order valence-corrected chi connectivity index (χ1v) is 10.7. The van der Waals surface area contributed by atoms with Crippen molar-refractivity contribution >= 4 is 34.4 Å². The number of carbonyl (C=O) groups is 3. The number of amides is 2. The lowest BCUT2D eigenvalue weighted by atomic mass is 9.98. The van der Waals surface area contributed by atoms with Crippen molar-refractivity contribution in [1.29, 1.82) is 0 Å². The lowest BCUT2D eigenvalue weighted by Gasteiger charge is -2.35. The number of anilines is 1. The van der Waals surface area contributed by atoms with Crippen LogP contribution in [0.25, 0.3) is 0 Å². The maximum atomic E-state index is 13.6. The highest BCUT2D eigenvalue weighted by molar-refractivity contribution is 8.14. The summed E-state index contributed by atoms with van der Waals surface area (Å²) in [5.74, 6) is -0.435. The van der Waals surface area contributed by atoms with Crippen LogP contribution >= 0.6 is 11.8 Å². The third-order valence-electron chi connectivity index (χ3n) is 4.60. The molecule has 2 atom stereocenters. The molecule has 29 heavy (non-hydrogen) atoms. The molecule has 0 aliphatic carbocycles. The topological polar surface area (TPSA) is 66.5 Å². The monoisotopic (exact) mass is 410 g/mol. The average Bonchev–Trinajstić information content (AvgIpc) is 3.12. The van der Waals surface area contributed by atoms with Gasteiger partial charge in [-0.1, -0.05) is 60.3 Å². The summed E-state index contributed by atoms with van der Waals surface area (Å²) in [6.45, 7) is 5.73. The van der Waals surface area contributed by atoms with Gasteiger partial charge < -0.3 is 5.32 Å². The largest absolute Gasteiger partial charge is 0.349 e. The van der Waals surface area contributed by atoms with Gasteiger partial charge in [-0.15, -0.1) is 0 Å². The fraction of sp³-hybridized carbons (Fsp3) is 0.348. The molecule has 0 unspecified atom stereocenters. The Morgan fingerprint density at radius 2 is 1.62 bits per heavy atom. The van der Waals surface area contributed by atoms with Gasteiger partial charge in [0, 0.05) is 23.4 Å². The molecule has 1 N–H and O–H groups in total. The second-order valence-electron chi connectivity index (χ2n) is 8.18. The lowest BCUT2D eigenvalue weighted by Crippen LogP contribution is -2.50. The number of hydrogen-bond donors (Lipinski definition) is 1. The maximum absolute atomic E-state index is 13.6. The van der Waals surface area contributed by atoms with E-state index in [0.29, 0.717) is 11.4 Å². The van der Waals surface area contributed by atoms with E-state index < -0.39 is 17.5 Å². The molecule has 1 heterocycles. The van der Waals surface area contributed by atoms with Gasteiger partial charge in [0.05, 0.1) is 5.92 Å². The van der Waals surface area contributed by atoms with E-state index in [1.165, 1.54) is 11.8 Å². The quantitative estimate of drug-likeness (QED) is 0.810. The third-order valence-corrected chi connectivity index (χ3v) is 5.66. The lowest BCUT2D eigenvalue weighted by molar-refractivity contribution is -0.129. The molecule has 3 rings (SSSR count). The van der Waals surface area contributed by atoms with Gasteiger partial charge in [0.2, 0.25) is 11.8 Å². The van der Waals surface area contributed by atoms with Crippen molar-refractivity contribution in [2.24, 2.45) is 5.92 Å². The fourth-order valence-corrected chi connectivity index (χ4v) is 4.32. The standard InChI is InChI=1S/C23H26N2O3S/c1-23(2,3)24-21(27)20(16-10-6-4-7-11-16)25(18-12-8-5-9-13-18)22(28)17-14-19(26)29-15-17/h4-13,17,20H,14-15H2,1-3H3,(H,24,27)/t17-,20-/m0/s1. The van der Waals surface area contributed by atoms with Crippen LogP contribution in [0.15, 0.2) is 60.7 Å². The van der Waals surface area contributed by atoms with Crippen LogP contribution in [-0.2, 0) is 14.4 Å². The zero-order valence-electron chi connectivity index (χ0n) is 16.9. The van der Waals surface area contributed by atoms with Crippen LogP contribution in [0.3, 0.4) is 0 Å². The summed E-state index contributed by atoms with van der Waals surface area (Å²) < 4.78 is 0. The van der Waals surface area contributed by atoms with Crippen molar-refractivity contribution in [3.8, 4) is 0 Å². The Kier molecular flexibility index (Phi) is 6.42. The van der Waals surface area contributed by atoms with E-state index in [0.717, 1.165) is 5.56 Å². The van der Waals surface area contributed by atoms with E-state index in [1.807, 2.05) is 81.4 Å². The second-order valence-corrected chi connectivity index (χ2v) is 9.26. The fourth-order valence-electron chi connectivity index (χ4n) is 3.35. The zero-order valence-corrected chi connectivity index (χ0v) is 17.7. The van der Waals surface area contributed by atoms with Crippen LogP contribution in [0.5, 0.6) is 0 Å². The van der Waals surface area contributed by atoms with Crippen LogP contribution in [0, 0.1) is 5.92 Å². The molecule has 0 spiro atoms. The van der Waals surface area contributed by atoms with E-state index in [9.17, 15) is 14.4 Å². The predicted molar refractivity (Wildman–Crippen MR) is 117 cm³/mol. The van der Waals surface area contributed by atoms with Crippen molar-refractivity contribution in [1.82, 2.24) is 5.32 Å². The Hall–Kier alpha value is -2.60. The predicted octanol–water partition coefficient (Wildman–Crippen LogP) is 3.96. The minimum Gasteiger partial charge on any atom is -0.349 e. The number of nitrogens with one attached hydrogen (secondary N) is 1. The molecule has 1 saturated heterocycles. The molecule has 2 amide bonds. The number of rotatable bonds is 5. The molecule has 1 aliphatic heterocycles. The minimum absolute atomic E-state index is 0.0202. The van der Waals surface area contributed by atoms with Crippen LogP contribution in [-0.4, -0.2) is 28.2 Å². The Morgan fingerprint density at radius 1 is 1.03 bits per heavy atom. The smallest absolute Gasteiger partial charge is 0.248 e. The van der Waals surface area contributed by atoms with Gasteiger partial charge in [0.1, 0.15) is 6.04 Å². The van der Waals surface area contributed by atoms with E-state index >= 15 is 0 Å². The first-order valence-electron chi connectivity index (χ1n) is 9.67.